The molecule has 24 heavy (non-hydrogen) atoms. The van der Waals surface area contributed by atoms with Crippen LogP contribution in [0.3, 0.4) is 0 Å². The monoisotopic (exact) mass is 365 g/mol. The van der Waals surface area contributed by atoms with E-state index in [1.54, 1.807) is 0 Å². The van der Waals surface area contributed by atoms with Crippen LogP contribution in [-0.2, 0) is 29.0 Å². The third-order valence-corrected chi connectivity index (χ3v) is 4.02. The van der Waals surface area contributed by atoms with Gasteiger partial charge in [-0.2, -0.15) is 0 Å². The van der Waals surface area contributed by atoms with Crippen molar-refractivity contribution in [3.05, 3.63) is 12.0 Å². The lowest BCUT2D eigenvalue weighted by Gasteiger charge is -2.17. The predicted molar refractivity (Wildman–Crippen MR) is 81.4 cm³/mol. The molecule has 11 nitrogen and oxygen atoms in total. The first-order valence-corrected chi connectivity index (χ1v) is 8.32. The Hall–Kier alpha value is -2.47. The van der Waals surface area contributed by atoms with E-state index in [2.05, 4.69) is 11.9 Å². The van der Waals surface area contributed by atoms with Crippen LogP contribution >= 0.6 is 0 Å². The van der Waals surface area contributed by atoms with Crippen molar-refractivity contribution in [1.82, 2.24) is 10.6 Å². The summed E-state index contributed by atoms with van der Waals surface area (Å²) in [7, 11) is -3.87. The van der Waals surface area contributed by atoms with E-state index in [0.29, 0.717) is 5.41 Å². The number of aliphatic carboxylic acids is 2. The van der Waals surface area contributed by atoms with E-state index in [4.69, 9.17) is 15.9 Å². The van der Waals surface area contributed by atoms with Crippen LogP contribution in [0, 0.1) is 0 Å². The van der Waals surface area contributed by atoms with E-state index in [1.165, 1.54) is 0 Å². The van der Waals surface area contributed by atoms with Gasteiger partial charge in [-0.25, -0.2) is 8.42 Å². The van der Waals surface area contributed by atoms with Crippen molar-refractivity contribution in [2.24, 2.45) is 5.73 Å². The fraction of sp³-hybridized carbons (Fsp3) is 0.500. The molecule has 0 saturated heterocycles. The van der Waals surface area contributed by atoms with Gasteiger partial charge in [-0.15, -0.1) is 0 Å². The molecule has 136 valence electrons. The third-order valence-electron chi connectivity index (χ3n) is 2.72. The van der Waals surface area contributed by atoms with E-state index in [1.807, 2.05) is 5.32 Å². The molecule has 0 unspecified atom stereocenters. The van der Waals surface area contributed by atoms with Gasteiger partial charge in [0, 0.05) is 11.8 Å². The molecule has 0 aromatic carbocycles. The zero-order valence-electron chi connectivity index (χ0n) is 12.6. The molecular formula is C12H19N3O8S. The van der Waals surface area contributed by atoms with Crippen molar-refractivity contribution in [3.63, 3.8) is 0 Å². The molecule has 2 amide bonds. The summed E-state index contributed by atoms with van der Waals surface area (Å²) in [5, 5.41) is 21.7. The maximum absolute atomic E-state index is 11.8. The van der Waals surface area contributed by atoms with Crippen LogP contribution in [-0.4, -0.2) is 66.8 Å². The number of hydrogen-bond acceptors (Lipinski definition) is 7. The number of carbonyl (C=O) groups is 4. The summed E-state index contributed by atoms with van der Waals surface area (Å²) in [6.07, 6.45) is -0.580. The molecule has 0 aliphatic rings. The molecule has 0 rings (SSSR count). The number of nitrogens with one attached hydrogen (secondary N) is 2. The third kappa shape index (κ3) is 8.85. The molecule has 0 fully saturated rings. The van der Waals surface area contributed by atoms with E-state index in [-0.39, 0.29) is 12.8 Å². The molecule has 6 N–H and O–H groups in total. The van der Waals surface area contributed by atoms with Crippen LogP contribution in [0.5, 0.6) is 0 Å². The van der Waals surface area contributed by atoms with Gasteiger partial charge in [0.1, 0.15) is 18.6 Å². The Morgan fingerprint density at radius 1 is 1.21 bits per heavy atom. The first-order chi connectivity index (χ1) is 11.0. The minimum absolute atomic E-state index is 0.223. The summed E-state index contributed by atoms with van der Waals surface area (Å²) < 4.78 is 23.1. The summed E-state index contributed by atoms with van der Waals surface area (Å²) in [6.45, 7) is 2.31. The van der Waals surface area contributed by atoms with Crippen LogP contribution in [0.2, 0.25) is 0 Å². The Kier molecular flexibility index (Phi) is 8.63. The number of hydrogen-bond donors (Lipinski definition) is 5. The van der Waals surface area contributed by atoms with Gasteiger partial charge in [0.15, 0.2) is 9.84 Å². The molecule has 0 heterocycles. The highest BCUT2D eigenvalue weighted by atomic mass is 32.2. The lowest BCUT2D eigenvalue weighted by molar-refractivity contribution is -0.139. The van der Waals surface area contributed by atoms with Crippen molar-refractivity contribution in [2.75, 3.05) is 12.3 Å². The number of carboxylic acids is 2. The Bertz CT molecular complexity index is 616. The van der Waals surface area contributed by atoms with Gasteiger partial charge in [-0.05, 0) is 6.42 Å². The van der Waals surface area contributed by atoms with Crippen molar-refractivity contribution >= 4 is 33.6 Å². The number of rotatable bonds is 11. The van der Waals surface area contributed by atoms with E-state index < -0.39 is 58.0 Å². The number of carbonyl (C=O) groups excluding carboxylic acids is 2. The average Bonchev–Trinajstić information content (AvgIpc) is 2.49. The quantitative estimate of drug-likeness (QED) is 0.261. The van der Waals surface area contributed by atoms with Crippen molar-refractivity contribution < 1.29 is 37.8 Å². The summed E-state index contributed by atoms with van der Waals surface area (Å²) in [4.78, 5) is 44.5. The molecule has 12 heteroatoms. The van der Waals surface area contributed by atoms with Gasteiger partial charge in [0.2, 0.25) is 11.8 Å². The van der Waals surface area contributed by atoms with Gasteiger partial charge >= 0.3 is 11.9 Å². The molecule has 0 aromatic rings. The topological polar surface area (TPSA) is 193 Å². The SMILES string of the molecule is C=CS(=O)(=O)C[C@H](NC(=O)CC[C@H](N)C(=O)O)C(=O)NCC(=O)O. The predicted octanol–water partition coefficient (Wildman–Crippen LogP) is -2.58. The highest BCUT2D eigenvalue weighted by molar-refractivity contribution is 7.94. The lowest BCUT2D eigenvalue weighted by atomic mass is 10.1. The molecule has 0 aliphatic carbocycles. The zero-order valence-corrected chi connectivity index (χ0v) is 13.4. The number of nitrogens with two attached hydrogens (primary N) is 1. The second-order valence-electron chi connectivity index (χ2n) is 4.71. The fourth-order valence-electron chi connectivity index (χ4n) is 1.45. The van der Waals surface area contributed by atoms with E-state index in [9.17, 15) is 27.6 Å². The molecule has 0 spiro atoms. The van der Waals surface area contributed by atoms with Gasteiger partial charge < -0.3 is 26.6 Å². The fourth-order valence-corrected chi connectivity index (χ4v) is 2.28. The maximum Gasteiger partial charge on any atom is 0.322 e. The van der Waals surface area contributed by atoms with Crippen LogP contribution in [0.4, 0.5) is 0 Å². The first-order valence-electron chi connectivity index (χ1n) is 6.61. The number of carboxylic acid groups (broad SMARTS) is 2. The summed E-state index contributed by atoms with van der Waals surface area (Å²) in [6, 6.07) is -2.84. The normalized spacial score (nSPS) is 13.4. The first kappa shape index (κ1) is 21.5. The highest BCUT2D eigenvalue weighted by Gasteiger charge is 2.26. The molecule has 0 aromatic heterocycles. The van der Waals surface area contributed by atoms with Crippen molar-refractivity contribution in [2.45, 2.75) is 24.9 Å². The van der Waals surface area contributed by atoms with E-state index in [0.717, 1.165) is 0 Å². The minimum atomic E-state index is -3.87. The Morgan fingerprint density at radius 3 is 2.25 bits per heavy atom. The van der Waals surface area contributed by atoms with Crippen molar-refractivity contribution in [3.8, 4) is 0 Å². The van der Waals surface area contributed by atoms with Gasteiger partial charge in [-0.1, -0.05) is 6.58 Å². The smallest absolute Gasteiger partial charge is 0.322 e. The minimum Gasteiger partial charge on any atom is -0.480 e. The Morgan fingerprint density at radius 2 is 1.79 bits per heavy atom. The van der Waals surface area contributed by atoms with Crippen LogP contribution in [0.25, 0.3) is 0 Å². The zero-order chi connectivity index (χ0) is 18.9. The number of amides is 2. The van der Waals surface area contributed by atoms with Crippen LogP contribution in [0.15, 0.2) is 12.0 Å². The van der Waals surface area contributed by atoms with Gasteiger partial charge in [0.25, 0.3) is 0 Å². The Balaban J connectivity index is 4.89. The molecule has 0 aliphatic heterocycles. The Labute approximate surface area is 137 Å². The molecule has 0 saturated carbocycles. The summed E-state index contributed by atoms with van der Waals surface area (Å²) in [5.74, 6) is -5.31. The molecular weight excluding hydrogens is 346 g/mol. The number of sulfone groups is 1. The summed E-state index contributed by atoms with van der Waals surface area (Å²) >= 11 is 0. The van der Waals surface area contributed by atoms with Crippen LogP contribution in [0.1, 0.15) is 12.8 Å². The van der Waals surface area contributed by atoms with Gasteiger partial charge in [0.05, 0.1) is 5.75 Å². The lowest BCUT2D eigenvalue weighted by Crippen LogP contribution is -2.51. The molecule has 0 bridgehead atoms. The second kappa shape index (κ2) is 9.62. The maximum atomic E-state index is 11.8. The second-order valence-corrected chi connectivity index (χ2v) is 6.70. The highest BCUT2D eigenvalue weighted by Crippen LogP contribution is 2.00. The van der Waals surface area contributed by atoms with Crippen molar-refractivity contribution in [1.29, 1.82) is 0 Å². The van der Waals surface area contributed by atoms with E-state index >= 15 is 0 Å². The summed E-state index contributed by atoms with van der Waals surface area (Å²) in [5.41, 5.74) is 5.23. The average molecular weight is 365 g/mol. The van der Waals surface area contributed by atoms with Crippen LogP contribution < -0.4 is 16.4 Å². The van der Waals surface area contributed by atoms with Gasteiger partial charge in [-0.3, -0.25) is 19.2 Å². The molecule has 0 radical (unpaired) electrons. The largest absolute Gasteiger partial charge is 0.480 e. The molecule has 2 atom stereocenters. The standard InChI is InChI=1S/C12H19N3O8S/c1-2-24(22,23)6-8(11(19)14-5-10(17)18)15-9(16)4-3-7(13)12(20)21/h2,7-8H,1,3-6,13H2,(H,14,19)(H,15,16)(H,17,18)(H,20,21)/t7-,8-/m0/s1.